The third-order valence-corrected chi connectivity index (χ3v) is 7.55. The second-order valence-corrected chi connectivity index (χ2v) is 10.2. The van der Waals surface area contributed by atoms with Gasteiger partial charge in [0, 0.05) is 23.9 Å². The summed E-state index contributed by atoms with van der Waals surface area (Å²) in [5, 5.41) is 9.64. The van der Waals surface area contributed by atoms with Gasteiger partial charge in [0.15, 0.2) is 0 Å². The summed E-state index contributed by atoms with van der Waals surface area (Å²) in [6.07, 6.45) is 22.2. The highest BCUT2D eigenvalue weighted by Gasteiger charge is 2.35. The van der Waals surface area contributed by atoms with E-state index in [0.29, 0.717) is 5.92 Å². The molecule has 0 radical (unpaired) electrons. The fraction of sp³-hybridized carbons (Fsp3) is 0.633. The molecular weight excluding hydrogens is 402 g/mol. The average molecular weight is 446 g/mol. The predicted octanol–water partition coefficient (Wildman–Crippen LogP) is 8.79. The summed E-state index contributed by atoms with van der Waals surface area (Å²) in [6.45, 7) is 4.45. The van der Waals surface area contributed by atoms with Gasteiger partial charge in [-0.25, -0.2) is 9.97 Å². The van der Waals surface area contributed by atoms with Gasteiger partial charge in [-0.05, 0) is 56.1 Å². The van der Waals surface area contributed by atoms with Gasteiger partial charge in [0.05, 0.1) is 11.5 Å². The van der Waals surface area contributed by atoms with Crippen LogP contribution in [0, 0.1) is 16.7 Å². The maximum absolute atomic E-state index is 9.64. The van der Waals surface area contributed by atoms with Crippen LogP contribution in [0.1, 0.15) is 121 Å². The van der Waals surface area contributed by atoms with E-state index in [1.165, 1.54) is 68.9 Å². The van der Waals surface area contributed by atoms with E-state index in [1.807, 2.05) is 12.4 Å². The second-order valence-electron chi connectivity index (χ2n) is 10.2. The number of hydrogen-bond donors (Lipinski definition) is 0. The number of nitrogens with zero attached hydrogens (tertiary/aromatic N) is 3. The van der Waals surface area contributed by atoms with Crippen LogP contribution in [-0.4, -0.2) is 9.97 Å². The van der Waals surface area contributed by atoms with Crippen molar-refractivity contribution in [1.29, 1.82) is 5.26 Å². The zero-order chi connectivity index (χ0) is 23.4. The number of aromatic nitrogens is 2. The van der Waals surface area contributed by atoms with E-state index in [-0.39, 0.29) is 5.41 Å². The third-order valence-electron chi connectivity index (χ3n) is 7.55. The molecule has 3 nitrogen and oxygen atoms in total. The van der Waals surface area contributed by atoms with Crippen molar-refractivity contribution in [3.05, 3.63) is 48.0 Å². The van der Waals surface area contributed by atoms with E-state index >= 15 is 0 Å². The minimum absolute atomic E-state index is 0.110. The Kier molecular flexibility index (Phi) is 10.4. The molecule has 33 heavy (non-hydrogen) atoms. The third kappa shape index (κ3) is 7.66. The number of nitriles is 1. The lowest BCUT2D eigenvalue weighted by Gasteiger charge is -2.34. The molecule has 0 aliphatic heterocycles. The van der Waals surface area contributed by atoms with E-state index in [0.717, 1.165) is 49.9 Å². The quantitative estimate of drug-likeness (QED) is 0.289. The highest BCUT2D eigenvalue weighted by atomic mass is 14.9. The molecule has 0 bridgehead atoms. The first-order chi connectivity index (χ1) is 16.2. The molecule has 2 aromatic rings. The lowest BCUT2D eigenvalue weighted by molar-refractivity contribution is 0.224. The summed E-state index contributed by atoms with van der Waals surface area (Å²) < 4.78 is 0. The van der Waals surface area contributed by atoms with Crippen LogP contribution in [0.15, 0.2) is 36.7 Å². The van der Waals surface area contributed by atoms with Gasteiger partial charge >= 0.3 is 0 Å². The van der Waals surface area contributed by atoms with Crippen molar-refractivity contribution in [3.8, 4) is 17.2 Å². The van der Waals surface area contributed by atoms with Crippen LogP contribution in [0.5, 0.6) is 0 Å². The standard InChI is InChI=1S/C30H43N3/c1-3-5-6-7-8-9-10-11-12-25-13-15-26(16-14-25)28-22-32-29(33-23-28)27-17-20-30(24-31,19-4-2)21-18-27/h13-16,22-23,27H,3-12,17-21H2,1-2H3/t27-,30-. The maximum atomic E-state index is 9.64. The van der Waals surface area contributed by atoms with E-state index in [1.54, 1.807) is 0 Å². The summed E-state index contributed by atoms with van der Waals surface area (Å²) in [7, 11) is 0. The van der Waals surface area contributed by atoms with Crippen LogP contribution in [0.3, 0.4) is 0 Å². The van der Waals surface area contributed by atoms with Gasteiger partial charge < -0.3 is 0 Å². The molecule has 1 aromatic heterocycles. The molecule has 1 saturated carbocycles. The molecule has 0 atom stereocenters. The Morgan fingerprint density at radius 1 is 0.818 bits per heavy atom. The van der Waals surface area contributed by atoms with Gasteiger partial charge in [0.25, 0.3) is 0 Å². The molecule has 0 saturated heterocycles. The SMILES string of the molecule is CCCCCCCCCCc1ccc(-c2cnc([C@H]3CC[C@@](C#N)(CCC)CC3)nc2)cc1. The van der Waals surface area contributed by atoms with Gasteiger partial charge in [0.1, 0.15) is 5.82 Å². The lowest BCUT2D eigenvalue weighted by atomic mass is 9.69. The summed E-state index contributed by atoms with van der Waals surface area (Å²) in [6, 6.07) is 11.6. The monoisotopic (exact) mass is 445 g/mol. The van der Waals surface area contributed by atoms with Crippen molar-refractivity contribution in [2.45, 2.75) is 116 Å². The maximum Gasteiger partial charge on any atom is 0.131 e. The van der Waals surface area contributed by atoms with Crippen LogP contribution in [-0.2, 0) is 6.42 Å². The van der Waals surface area contributed by atoms with E-state index < -0.39 is 0 Å². The highest BCUT2D eigenvalue weighted by molar-refractivity contribution is 5.61. The molecule has 0 N–H and O–H groups in total. The predicted molar refractivity (Wildman–Crippen MR) is 138 cm³/mol. The largest absolute Gasteiger partial charge is 0.240 e. The smallest absolute Gasteiger partial charge is 0.131 e. The molecule has 1 heterocycles. The molecule has 0 unspecified atom stereocenters. The second kappa shape index (κ2) is 13.5. The van der Waals surface area contributed by atoms with Crippen molar-refractivity contribution in [3.63, 3.8) is 0 Å². The Morgan fingerprint density at radius 2 is 1.42 bits per heavy atom. The molecule has 3 rings (SSSR count). The van der Waals surface area contributed by atoms with Gasteiger partial charge in [-0.1, -0.05) is 89.5 Å². The normalized spacial score (nSPS) is 20.5. The van der Waals surface area contributed by atoms with Crippen molar-refractivity contribution in [2.24, 2.45) is 5.41 Å². The molecule has 1 aliphatic rings. The lowest BCUT2D eigenvalue weighted by Crippen LogP contribution is -2.25. The fourth-order valence-corrected chi connectivity index (χ4v) is 5.35. The Hall–Kier alpha value is -2.21. The van der Waals surface area contributed by atoms with Gasteiger partial charge in [-0.2, -0.15) is 5.26 Å². The topological polar surface area (TPSA) is 49.6 Å². The number of hydrogen-bond acceptors (Lipinski definition) is 3. The number of aryl methyl sites for hydroxylation is 1. The Balaban J connectivity index is 1.44. The van der Waals surface area contributed by atoms with Crippen molar-refractivity contribution in [2.75, 3.05) is 0 Å². The van der Waals surface area contributed by atoms with Crippen LogP contribution in [0.4, 0.5) is 0 Å². The Bertz CT molecular complexity index is 840. The summed E-state index contributed by atoms with van der Waals surface area (Å²) in [4.78, 5) is 9.45. The first-order valence-electron chi connectivity index (χ1n) is 13.5. The molecule has 0 spiro atoms. The van der Waals surface area contributed by atoms with Gasteiger partial charge in [-0.15, -0.1) is 0 Å². The van der Waals surface area contributed by atoms with Crippen LogP contribution < -0.4 is 0 Å². The number of rotatable bonds is 13. The van der Waals surface area contributed by atoms with E-state index in [4.69, 9.17) is 9.97 Å². The summed E-state index contributed by atoms with van der Waals surface area (Å²) >= 11 is 0. The van der Waals surface area contributed by atoms with Crippen LogP contribution in [0.2, 0.25) is 0 Å². The minimum Gasteiger partial charge on any atom is -0.240 e. The molecule has 1 aliphatic carbocycles. The van der Waals surface area contributed by atoms with E-state index in [9.17, 15) is 5.26 Å². The molecular formula is C30H43N3. The fourth-order valence-electron chi connectivity index (χ4n) is 5.35. The highest BCUT2D eigenvalue weighted by Crippen LogP contribution is 2.44. The summed E-state index contributed by atoms with van der Waals surface area (Å²) in [5.41, 5.74) is 3.60. The molecule has 178 valence electrons. The van der Waals surface area contributed by atoms with Gasteiger partial charge in [0.2, 0.25) is 0 Å². The molecule has 0 amide bonds. The van der Waals surface area contributed by atoms with Crippen molar-refractivity contribution in [1.82, 2.24) is 9.97 Å². The minimum atomic E-state index is -0.110. The number of unbranched alkanes of at least 4 members (excludes halogenated alkanes) is 7. The first-order valence-corrected chi connectivity index (χ1v) is 13.5. The summed E-state index contributed by atoms with van der Waals surface area (Å²) in [5.74, 6) is 1.35. The van der Waals surface area contributed by atoms with E-state index in [2.05, 4.69) is 44.2 Å². The van der Waals surface area contributed by atoms with Gasteiger partial charge in [-0.3, -0.25) is 0 Å². The first kappa shape index (κ1) is 25.4. The zero-order valence-electron chi connectivity index (χ0n) is 21.0. The van der Waals surface area contributed by atoms with Crippen LogP contribution >= 0.6 is 0 Å². The Labute approximate surface area is 202 Å². The zero-order valence-corrected chi connectivity index (χ0v) is 21.0. The Morgan fingerprint density at radius 3 is 2.00 bits per heavy atom. The molecule has 1 fully saturated rings. The number of benzene rings is 1. The molecule has 3 heteroatoms. The van der Waals surface area contributed by atoms with Crippen LogP contribution in [0.25, 0.3) is 11.1 Å². The van der Waals surface area contributed by atoms with Crippen molar-refractivity contribution >= 4 is 0 Å². The molecule has 1 aromatic carbocycles. The van der Waals surface area contributed by atoms with Crippen molar-refractivity contribution < 1.29 is 0 Å². The average Bonchev–Trinajstić information content (AvgIpc) is 2.87.